The van der Waals surface area contributed by atoms with E-state index in [1.807, 2.05) is 6.92 Å². The number of nitrogens with one attached hydrogen (secondary N) is 1. The zero-order valence-electron chi connectivity index (χ0n) is 11.5. The maximum Gasteiger partial charge on any atom is 0.131 e. The average Bonchev–Trinajstić information content (AvgIpc) is 2.42. The summed E-state index contributed by atoms with van der Waals surface area (Å²) in [6, 6.07) is 4.91. The van der Waals surface area contributed by atoms with Crippen LogP contribution in [-0.4, -0.2) is 36.9 Å². The molecule has 1 aromatic carbocycles. The van der Waals surface area contributed by atoms with Crippen LogP contribution in [0.15, 0.2) is 18.2 Å². The van der Waals surface area contributed by atoms with E-state index in [-0.39, 0.29) is 18.5 Å². The second-order valence-corrected chi connectivity index (χ2v) is 5.48. The zero-order chi connectivity index (χ0) is 14.1. The molecule has 0 spiro atoms. The minimum atomic E-state index is -0.243. The van der Waals surface area contributed by atoms with E-state index in [0.717, 1.165) is 24.5 Å². The van der Waals surface area contributed by atoms with Crippen LogP contribution in [0.25, 0.3) is 0 Å². The largest absolute Gasteiger partial charge is 0.497 e. The van der Waals surface area contributed by atoms with Crippen molar-refractivity contribution in [2.24, 2.45) is 0 Å². The van der Waals surface area contributed by atoms with Gasteiger partial charge in [0.05, 0.1) is 7.11 Å². The second kappa shape index (κ2) is 9.18. The van der Waals surface area contributed by atoms with Crippen LogP contribution in [-0.2, 0) is 0 Å². The first-order valence-corrected chi connectivity index (χ1v) is 7.60. The highest BCUT2D eigenvalue weighted by atomic mass is 32.2. The van der Waals surface area contributed by atoms with E-state index in [9.17, 15) is 4.39 Å². The summed E-state index contributed by atoms with van der Waals surface area (Å²) in [5, 5.41) is 11.9. The fourth-order valence-corrected chi connectivity index (χ4v) is 2.51. The number of hydrogen-bond acceptors (Lipinski definition) is 4. The maximum absolute atomic E-state index is 13.8. The highest BCUT2D eigenvalue weighted by molar-refractivity contribution is 7.99. The number of methoxy groups -OCH3 is 1. The molecule has 19 heavy (non-hydrogen) atoms. The van der Waals surface area contributed by atoms with Crippen LogP contribution in [0.4, 0.5) is 4.39 Å². The summed E-state index contributed by atoms with van der Waals surface area (Å²) in [4.78, 5) is 0. The molecule has 0 bridgehead atoms. The lowest BCUT2D eigenvalue weighted by Crippen LogP contribution is -2.22. The molecule has 1 aromatic rings. The quantitative estimate of drug-likeness (QED) is 0.685. The van der Waals surface area contributed by atoms with Crippen molar-refractivity contribution in [3.63, 3.8) is 0 Å². The summed E-state index contributed by atoms with van der Waals surface area (Å²) in [6.07, 6.45) is 0.827. The number of thioether (sulfide) groups is 1. The van der Waals surface area contributed by atoms with Crippen LogP contribution in [0.5, 0.6) is 5.75 Å². The third kappa shape index (κ3) is 5.80. The van der Waals surface area contributed by atoms with Gasteiger partial charge in [0.2, 0.25) is 0 Å². The molecule has 0 saturated carbocycles. The molecular weight excluding hydrogens is 265 g/mol. The number of aliphatic hydroxyl groups excluding tert-OH is 1. The van der Waals surface area contributed by atoms with Gasteiger partial charge in [0.25, 0.3) is 0 Å². The van der Waals surface area contributed by atoms with Gasteiger partial charge in [-0.2, -0.15) is 11.8 Å². The fourth-order valence-electron chi connectivity index (χ4n) is 1.71. The van der Waals surface area contributed by atoms with Crippen molar-refractivity contribution in [3.05, 3.63) is 29.6 Å². The van der Waals surface area contributed by atoms with E-state index in [1.54, 1.807) is 23.9 Å². The van der Waals surface area contributed by atoms with E-state index < -0.39 is 0 Å². The first-order chi connectivity index (χ1) is 9.19. The van der Waals surface area contributed by atoms with Gasteiger partial charge < -0.3 is 15.2 Å². The van der Waals surface area contributed by atoms with Gasteiger partial charge >= 0.3 is 0 Å². The summed E-state index contributed by atoms with van der Waals surface area (Å²) >= 11 is 1.79. The molecule has 0 heterocycles. The third-order valence-corrected chi connectivity index (χ3v) is 3.89. The van der Waals surface area contributed by atoms with Crippen molar-refractivity contribution in [3.8, 4) is 5.75 Å². The molecule has 0 aliphatic carbocycles. The van der Waals surface area contributed by atoms with E-state index in [0.29, 0.717) is 11.3 Å². The van der Waals surface area contributed by atoms with E-state index in [2.05, 4.69) is 5.32 Å². The summed E-state index contributed by atoms with van der Waals surface area (Å²) in [6.45, 7) is 3.01. The van der Waals surface area contributed by atoms with Crippen LogP contribution < -0.4 is 10.1 Å². The average molecular weight is 287 g/mol. The summed E-state index contributed by atoms with van der Waals surface area (Å²) < 4.78 is 18.8. The Hall–Kier alpha value is -0.780. The fraction of sp³-hybridized carbons (Fsp3) is 0.571. The number of halogens is 1. The first-order valence-electron chi connectivity index (χ1n) is 6.44. The van der Waals surface area contributed by atoms with Crippen molar-refractivity contribution in [1.29, 1.82) is 0 Å². The van der Waals surface area contributed by atoms with Crippen molar-refractivity contribution in [2.45, 2.75) is 19.4 Å². The lowest BCUT2D eigenvalue weighted by molar-refractivity contribution is 0.296. The zero-order valence-corrected chi connectivity index (χ0v) is 12.3. The lowest BCUT2D eigenvalue weighted by atomic mass is 10.1. The molecule has 0 saturated heterocycles. The number of benzene rings is 1. The molecule has 108 valence electrons. The minimum absolute atomic E-state index is 0.0238. The Kier molecular flexibility index (Phi) is 7.86. The first kappa shape index (κ1) is 16.3. The Labute approximate surface area is 118 Å². The van der Waals surface area contributed by atoms with Gasteiger partial charge in [-0.15, -0.1) is 0 Å². The van der Waals surface area contributed by atoms with Crippen molar-refractivity contribution < 1.29 is 14.2 Å². The van der Waals surface area contributed by atoms with Gasteiger partial charge in [-0.3, -0.25) is 0 Å². The summed E-state index contributed by atoms with van der Waals surface area (Å²) in [5.41, 5.74) is 0.654. The molecule has 5 heteroatoms. The molecule has 1 unspecified atom stereocenters. The highest BCUT2D eigenvalue weighted by Crippen LogP contribution is 2.21. The third-order valence-electron chi connectivity index (χ3n) is 2.82. The molecule has 1 atom stereocenters. The van der Waals surface area contributed by atoms with Gasteiger partial charge in [0.1, 0.15) is 11.6 Å². The van der Waals surface area contributed by atoms with Crippen molar-refractivity contribution in [2.75, 3.05) is 31.8 Å². The molecule has 0 aromatic heterocycles. The van der Waals surface area contributed by atoms with E-state index in [4.69, 9.17) is 9.84 Å². The number of rotatable bonds is 9. The number of ether oxygens (including phenoxy) is 1. The molecule has 0 amide bonds. The van der Waals surface area contributed by atoms with Gasteiger partial charge in [-0.1, -0.05) is 6.07 Å². The Morgan fingerprint density at radius 2 is 2.21 bits per heavy atom. The Morgan fingerprint density at radius 3 is 2.84 bits per heavy atom. The van der Waals surface area contributed by atoms with Gasteiger partial charge in [0, 0.05) is 36.6 Å². The molecule has 3 nitrogen and oxygen atoms in total. The SMILES string of the molecule is COc1ccc(C(C)NCCSCCCO)c(F)c1. The van der Waals surface area contributed by atoms with Crippen LogP contribution in [0, 0.1) is 5.82 Å². The Balaban J connectivity index is 2.34. The standard InChI is InChI=1S/C14H22FNO2S/c1-11(16-6-9-19-8-3-7-17)13-5-4-12(18-2)10-14(13)15/h4-5,10-11,16-17H,3,6-9H2,1-2H3. The minimum Gasteiger partial charge on any atom is -0.497 e. The summed E-state index contributed by atoms with van der Waals surface area (Å²) in [7, 11) is 1.53. The van der Waals surface area contributed by atoms with Gasteiger partial charge in [-0.05, 0) is 25.2 Å². The predicted molar refractivity (Wildman–Crippen MR) is 78.4 cm³/mol. The highest BCUT2D eigenvalue weighted by Gasteiger charge is 2.10. The Bertz CT molecular complexity index is 376. The molecule has 0 fully saturated rings. The van der Waals surface area contributed by atoms with Gasteiger partial charge in [-0.25, -0.2) is 4.39 Å². The molecular formula is C14H22FNO2S. The number of hydrogen-bond donors (Lipinski definition) is 2. The van der Waals surface area contributed by atoms with Crippen LogP contribution in [0.1, 0.15) is 24.9 Å². The van der Waals surface area contributed by atoms with Crippen molar-refractivity contribution >= 4 is 11.8 Å². The van der Waals surface area contributed by atoms with Gasteiger partial charge in [0.15, 0.2) is 0 Å². The molecule has 0 aliphatic heterocycles. The topological polar surface area (TPSA) is 41.5 Å². The van der Waals surface area contributed by atoms with E-state index in [1.165, 1.54) is 13.2 Å². The van der Waals surface area contributed by atoms with Crippen LogP contribution >= 0.6 is 11.8 Å². The molecule has 2 N–H and O–H groups in total. The maximum atomic E-state index is 13.8. The second-order valence-electron chi connectivity index (χ2n) is 4.25. The number of aliphatic hydroxyl groups is 1. The van der Waals surface area contributed by atoms with Crippen molar-refractivity contribution in [1.82, 2.24) is 5.32 Å². The molecule has 0 aliphatic rings. The van der Waals surface area contributed by atoms with Crippen LogP contribution in [0.3, 0.4) is 0 Å². The van der Waals surface area contributed by atoms with E-state index >= 15 is 0 Å². The molecule has 1 rings (SSSR count). The van der Waals surface area contributed by atoms with Crippen LogP contribution in [0.2, 0.25) is 0 Å². The predicted octanol–water partition coefficient (Wildman–Crippen LogP) is 2.60. The normalized spacial score (nSPS) is 12.4. The monoisotopic (exact) mass is 287 g/mol. The molecule has 0 radical (unpaired) electrons. The Morgan fingerprint density at radius 1 is 1.42 bits per heavy atom. The smallest absolute Gasteiger partial charge is 0.131 e. The summed E-state index contributed by atoms with van der Waals surface area (Å²) in [5.74, 6) is 2.21. The lowest BCUT2D eigenvalue weighted by Gasteiger charge is -2.15.